The van der Waals surface area contributed by atoms with Gasteiger partial charge in [-0.1, -0.05) is 6.92 Å². The molecule has 0 aliphatic heterocycles. The summed E-state index contributed by atoms with van der Waals surface area (Å²) in [6, 6.07) is 5.38. The van der Waals surface area contributed by atoms with Gasteiger partial charge in [-0.3, -0.25) is 10.6 Å². The number of aryl methyl sites for hydroxylation is 1. The van der Waals surface area contributed by atoms with Gasteiger partial charge in [-0.15, -0.1) is 0 Å². The van der Waals surface area contributed by atoms with Gasteiger partial charge in [0.1, 0.15) is 0 Å². The number of hydrogen-bond acceptors (Lipinski definition) is 3. The molecular formula is C11H17N3O. The fourth-order valence-corrected chi connectivity index (χ4v) is 1.31. The number of nitrogen functional groups attached to an aromatic ring is 1. The molecule has 1 amide bonds. The number of carbonyl (C=O) groups excluding carboxylic acids is 1. The SMILES string of the molecule is CCCNC(=O)c1ccc(NN)c(C)c1. The predicted octanol–water partition coefficient (Wildman–Crippen LogP) is 1.42. The van der Waals surface area contributed by atoms with Gasteiger partial charge in [0.25, 0.3) is 5.91 Å². The molecule has 0 bridgehead atoms. The molecule has 0 atom stereocenters. The fourth-order valence-electron chi connectivity index (χ4n) is 1.31. The molecule has 82 valence electrons. The van der Waals surface area contributed by atoms with Crippen LogP contribution in [0, 0.1) is 6.92 Å². The second-order valence-electron chi connectivity index (χ2n) is 3.43. The summed E-state index contributed by atoms with van der Waals surface area (Å²) in [6.07, 6.45) is 0.938. The van der Waals surface area contributed by atoms with Gasteiger partial charge in [0.15, 0.2) is 0 Å². The molecule has 1 rings (SSSR count). The van der Waals surface area contributed by atoms with Crippen LogP contribution in [0.15, 0.2) is 18.2 Å². The highest BCUT2D eigenvalue weighted by atomic mass is 16.1. The Hall–Kier alpha value is -1.55. The number of rotatable bonds is 4. The minimum Gasteiger partial charge on any atom is -0.352 e. The van der Waals surface area contributed by atoms with Crippen LogP contribution < -0.4 is 16.6 Å². The van der Waals surface area contributed by atoms with E-state index in [1.54, 1.807) is 12.1 Å². The maximum atomic E-state index is 11.6. The average molecular weight is 207 g/mol. The molecule has 1 aromatic carbocycles. The van der Waals surface area contributed by atoms with Crippen LogP contribution in [0.1, 0.15) is 29.3 Å². The summed E-state index contributed by atoms with van der Waals surface area (Å²) in [4.78, 5) is 11.6. The van der Waals surface area contributed by atoms with E-state index >= 15 is 0 Å². The van der Waals surface area contributed by atoms with Crippen molar-refractivity contribution in [3.63, 3.8) is 0 Å². The number of nitrogens with one attached hydrogen (secondary N) is 2. The van der Waals surface area contributed by atoms with Crippen molar-refractivity contribution in [2.45, 2.75) is 20.3 Å². The van der Waals surface area contributed by atoms with Gasteiger partial charge in [0, 0.05) is 12.1 Å². The highest BCUT2D eigenvalue weighted by Gasteiger charge is 2.05. The lowest BCUT2D eigenvalue weighted by Gasteiger charge is -2.07. The largest absolute Gasteiger partial charge is 0.352 e. The van der Waals surface area contributed by atoms with Gasteiger partial charge in [0.2, 0.25) is 0 Å². The van der Waals surface area contributed by atoms with E-state index in [4.69, 9.17) is 5.84 Å². The van der Waals surface area contributed by atoms with E-state index in [1.807, 2.05) is 19.9 Å². The molecule has 0 saturated heterocycles. The number of anilines is 1. The molecular weight excluding hydrogens is 190 g/mol. The minimum absolute atomic E-state index is 0.0384. The monoisotopic (exact) mass is 207 g/mol. The first-order valence-corrected chi connectivity index (χ1v) is 5.04. The molecule has 0 aliphatic rings. The standard InChI is InChI=1S/C11H17N3O/c1-3-6-13-11(15)9-4-5-10(14-12)8(2)7-9/h4-5,7,14H,3,6,12H2,1-2H3,(H,13,15). The third-order valence-corrected chi connectivity index (χ3v) is 2.18. The molecule has 4 heteroatoms. The van der Waals surface area contributed by atoms with Gasteiger partial charge >= 0.3 is 0 Å². The van der Waals surface area contributed by atoms with E-state index in [1.165, 1.54) is 0 Å². The molecule has 0 radical (unpaired) electrons. The molecule has 0 unspecified atom stereocenters. The molecule has 0 spiro atoms. The Bertz CT molecular complexity index is 350. The highest BCUT2D eigenvalue weighted by Crippen LogP contribution is 2.14. The number of amides is 1. The van der Waals surface area contributed by atoms with Crippen LogP contribution >= 0.6 is 0 Å². The molecule has 0 aromatic heterocycles. The van der Waals surface area contributed by atoms with Crippen molar-refractivity contribution >= 4 is 11.6 Å². The highest BCUT2D eigenvalue weighted by molar-refractivity contribution is 5.94. The van der Waals surface area contributed by atoms with Gasteiger partial charge in [-0.25, -0.2) is 0 Å². The molecule has 0 heterocycles. The van der Waals surface area contributed by atoms with Crippen molar-refractivity contribution in [2.24, 2.45) is 5.84 Å². The normalized spacial score (nSPS) is 9.80. The Balaban J connectivity index is 2.78. The predicted molar refractivity (Wildman–Crippen MR) is 61.6 cm³/mol. The summed E-state index contributed by atoms with van der Waals surface area (Å²) in [5.41, 5.74) is 5.03. The smallest absolute Gasteiger partial charge is 0.251 e. The number of carbonyl (C=O) groups is 1. The molecule has 4 N–H and O–H groups in total. The number of nitrogens with two attached hydrogens (primary N) is 1. The van der Waals surface area contributed by atoms with Crippen molar-refractivity contribution in [1.82, 2.24) is 5.32 Å². The first-order valence-electron chi connectivity index (χ1n) is 5.04. The molecule has 15 heavy (non-hydrogen) atoms. The maximum Gasteiger partial charge on any atom is 0.251 e. The lowest BCUT2D eigenvalue weighted by molar-refractivity contribution is 0.0953. The van der Waals surface area contributed by atoms with Crippen LogP contribution in [0.5, 0.6) is 0 Å². The summed E-state index contributed by atoms with van der Waals surface area (Å²) in [6.45, 7) is 4.63. The van der Waals surface area contributed by atoms with Gasteiger partial charge in [0.05, 0.1) is 5.69 Å². The van der Waals surface area contributed by atoms with E-state index in [0.29, 0.717) is 12.1 Å². The van der Waals surface area contributed by atoms with Crippen molar-refractivity contribution in [3.8, 4) is 0 Å². The lowest BCUT2D eigenvalue weighted by atomic mass is 10.1. The average Bonchev–Trinajstić information content (AvgIpc) is 2.25. The zero-order valence-corrected chi connectivity index (χ0v) is 9.13. The molecule has 4 nitrogen and oxygen atoms in total. The number of benzene rings is 1. The van der Waals surface area contributed by atoms with E-state index in [2.05, 4.69) is 10.7 Å². The van der Waals surface area contributed by atoms with Gasteiger partial charge in [-0.05, 0) is 37.1 Å². The van der Waals surface area contributed by atoms with E-state index in [-0.39, 0.29) is 5.91 Å². The molecule has 1 aromatic rings. The Labute approximate surface area is 89.8 Å². The Kier molecular flexibility index (Phi) is 4.12. The van der Waals surface area contributed by atoms with Crippen LogP contribution in [0.25, 0.3) is 0 Å². The Morgan fingerprint density at radius 3 is 2.73 bits per heavy atom. The van der Waals surface area contributed by atoms with Crippen molar-refractivity contribution in [3.05, 3.63) is 29.3 Å². The molecule has 0 aliphatic carbocycles. The third-order valence-electron chi connectivity index (χ3n) is 2.18. The van der Waals surface area contributed by atoms with E-state index in [0.717, 1.165) is 17.7 Å². The first kappa shape index (κ1) is 11.5. The van der Waals surface area contributed by atoms with Crippen LogP contribution in [0.2, 0.25) is 0 Å². The van der Waals surface area contributed by atoms with Crippen LogP contribution in [0.3, 0.4) is 0 Å². The Morgan fingerprint density at radius 1 is 1.47 bits per heavy atom. The summed E-state index contributed by atoms with van der Waals surface area (Å²) >= 11 is 0. The summed E-state index contributed by atoms with van der Waals surface area (Å²) in [7, 11) is 0. The van der Waals surface area contributed by atoms with Gasteiger partial charge < -0.3 is 10.7 Å². The number of hydrazine groups is 1. The third kappa shape index (κ3) is 2.95. The van der Waals surface area contributed by atoms with Crippen LogP contribution in [-0.4, -0.2) is 12.5 Å². The lowest BCUT2D eigenvalue weighted by Crippen LogP contribution is -2.24. The van der Waals surface area contributed by atoms with Crippen LogP contribution in [0.4, 0.5) is 5.69 Å². The van der Waals surface area contributed by atoms with Crippen molar-refractivity contribution in [1.29, 1.82) is 0 Å². The summed E-state index contributed by atoms with van der Waals surface area (Å²) in [5, 5.41) is 2.82. The minimum atomic E-state index is -0.0384. The fraction of sp³-hybridized carbons (Fsp3) is 0.364. The van der Waals surface area contributed by atoms with Gasteiger partial charge in [-0.2, -0.15) is 0 Å². The summed E-state index contributed by atoms with van der Waals surface area (Å²) in [5.74, 6) is 5.27. The maximum absolute atomic E-state index is 11.6. The van der Waals surface area contributed by atoms with Crippen molar-refractivity contribution in [2.75, 3.05) is 12.0 Å². The topological polar surface area (TPSA) is 67.2 Å². The molecule has 0 saturated carbocycles. The summed E-state index contributed by atoms with van der Waals surface area (Å²) < 4.78 is 0. The zero-order valence-electron chi connectivity index (χ0n) is 9.13. The van der Waals surface area contributed by atoms with Crippen molar-refractivity contribution < 1.29 is 4.79 Å². The quantitative estimate of drug-likeness (QED) is 0.516. The zero-order chi connectivity index (χ0) is 11.3. The van der Waals surface area contributed by atoms with E-state index in [9.17, 15) is 4.79 Å². The first-order chi connectivity index (χ1) is 7.19. The second kappa shape index (κ2) is 5.36. The Morgan fingerprint density at radius 2 is 2.20 bits per heavy atom. The number of hydrogen-bond donors (Lipinski definition) is 3. The van der Waals surface area contributed by atoms with Crippen LogP contribution in [-0.2, 0) is 0 Å². The second-order valence-corrected chi connectivity index (χ2v) is 3.43. The van der Waals surface area contributed by atoms with E-state index < -0.39 is 0 Å². The molecule has 0 fully saturated rings.